The standard InChI is InChI=1S/C28H24IN5O4/c29-21-17-34(27(37)31-26(21)36)23-16-22(32-33-30)24(38-23)25(35)28(18-10-4-1-5-11-18,19-12-6-2-7-13-19)20-14-8-3-9-15-20/h1-15,17,22-25,35H,16H2,(H,31,36,37)/t22-,23+,24-,25?/m0/s1. The van der Waals surface area contributed by atoms with Gasteiger partial charge in [-0.05, 0) is 44.8 Å². The van der Waals surface area contributed by atoms with Crippen LogP contribution >= 0.6 is 22.6 Å². The lowest BCUT2D eigenvalue weighted by molar-refractivity contribution is -0.0786. The Labute approximate surface area is 231 Å². The second-order valence-electron chi connectivity index (χ2n) is 9.06. The number of H-pyrrole nitrogens is 1. The molecule has 0 saturated carbocycles. The van der Waals surface area contributed by atoms with E-state index in [9.17, 15) is 20.2 Å². The molecule has 1 aromatic heterocycles. The average molecular weight is 621 g/mol. The molecule has 1 fully saturated rings. The van der Waals surface area contributed by atoms with Crippen molar-refractivity contribution in [2.75, 3.05) is 0 Å². The lowest BCUT2D eigenvalue weighted by Crippen LogP contribution is -2.51. The highest BCUT2D eigenvalue weighted by Crippen LogP contribution is 2.47. The van der Waals surface area contributed by atoms with E-state index >= 15 is 0 Å². The number of aromatic amines is 1. The molecule has 5 rings (SSSR count). The topological polar surface area (TPSA) is 133 Å². The summed E-state index contributed by atoms with van der Waals surface area (Å²) in [6.07, 6.45) is -1.51. The monoisotopic (exact) mass is 621 g/mol. The maximum absolute atomic E-state index is 12.6. The van der Waals surface area contributed by atoms with E-state index in [2.05, 4.69) is 15.0 Å². The van der Waals surface area contributed by atoms with E-state index in [-0.39, 0.29) is 6.42 Å². The number of aliphatic hydroxyl groups is 1. The molecule has 2 heterocycles. The molecule has 38 heavy (non-hydrogen) atoms. The van der Waals surface area contributed by atoms with Crippen molar-refractivity contribution in [3.63, 3.8) is 0 Å². The normalized spacial score (nSPS) is 20.0. The summed E-state index contributed by atoms with van der Waals surface area (Å²) in [7, 11) is 0. The number of hydrogen-bond acceptors (Lipinski definition) is 5. The van der Waals surface area contributed by atoms with Crippen LogP contribution in [0.25, 0.3) is 10.4 Å². The molecule has 192 valence electrons. The van der Waals surface area contributed by atoms with Crippen LogP contribution in [0.5, 0.6) is 0 Å². The summed E-state index contributed by atoms with van der Waals surface area (Å²) in [4.78, 5) is 29.9. The zero-order chi connectivity index (χ0) is 26.7. The van der Waals surface area contributed by atoms with Crippen molar-refractivity contribution in [3.8, 4) is 0 Å². The number of aromatic nitrogens is 2. The lowest BCUT2D eigenvalue weighted by Gasteiger charge is -2.43. The Morgan fingerprint density at radius 3 is 1.95 bits per heavy atom. The van der Waals surface area contributed by atoms with Crippen molar-refractivity contribution < 1.29 is 9.84 Å². The van der Waals surface area contributed by atoms with E-state index in [1.165, 1.54) is 10.8 Å². The molecule has 9 nitrogen and oxygen atoms in total. The predicted octanol–water partition coefficient (Wildman–Crippen LogP) is 4.50. The van der Waals surface area contributed by atoms with Crippen LogP contribution in [0.1, 0.15) is 29.3 Å². The van der Waals surface area contributed by atoms with Crippen molar-refractivity contribution in [1.82, 2.24) is 9.55 Å². The molecule has 0 amide bonds. The molecule has 1 saturated heterocycles. The first kappa shape index (κ1) is 25.9. The zero-order valence-electron chi connectivity index (χ0n) is 20.1. The summed E-state index contributed by atoms with van der Waals surface area (Å²) in [5.41, 5.74) is 9.62. The molecule has 0 bridgehead atoms. The number of nitrogens with one attached hydrogen (secondary N) is 1. The van der Waals surface area contributed by atoms with Gasteiger partial charge in [0.05, 0.1) is 27.2 Å². The fraction of sp³-hybridized carbons (Fsp3) is 0.214. The Morgan fingerprint density at radius 1 is 0.974 bits per heavy atom. The van der Waals surface area contributed by atoms with Gasteiger partial charge in [0.2, 0.25) is 0 Å². The van der Waals surface area contributed by atoms with Gasteiger partial charge in [-0.1, -0.05) is 96.1 Å². The van der Waals surface area contributed by atoms with Gasteiger partial charge in [0.1, 0.15) is 6.23 Å². The summed E-state index contributed by atoms with van der Waals surface area (Å²) < 4.78 is 7.92. The number of aliphatic hydroxyl groups excluding tert-OH is 1. The van der Waals surface area contributed by atoms with Gasteiger partial charge in [0, 0.05) is 17.5 Å². The highest BCUT2D eigenvalue weighted by atomic mass is 127. The molecule has 1 aliphatic rings. The molecular weight excluding hydrogens is 597 g/mol. The first-order chi connectivity index (χ1) is 18.5. The maximum Gasteiger partial charge on any atom is 0.330 e. The van der Waals surface area contributed by atoms with E-state index in [4.69, 9.17) is 4.74 Å². The molecule has 10 heteroatoms. The third kappa shape index (κ3) is 4.56. The van der Waals surface area contributed by atoms with E-state index in [1.807, 2.05) is 114 Å². The number of nitrogens with zero attached hydrogens (tertiary/aromatic N) is 4. The fourth-order valence-electron chi connectivity index (χ4n) is 5.35. The van der Waals surface area contributed by atoms with Gasteiger partial charge in [-0.25, -0.2) is 4.79 Å². The summed E-state index contributed by atoms with van der Waals surface area (Å²) >= 11 is 1.84. The number of halogens is 1. The summed E-state index contributed by atoms with van der Waals surface area (Å²) in [6, 6.07) is 28.1. The SMILES string of the molecule is [N-]=[N+]=N[C@H]1C[C@H](n2cc(I)c(=O)[nH]c2=O)O[C@@H]1C(O)C(c1ccccc1)(c1ccccc1)c1ccccc1. The van der Waals surface area contributed by atoms with Gasteiger partial charge >= 0.3 is 5.69 Å². The van der Waals surface area contributed by atoms with Gasteiger partial charge in [0.15, 0.2) is 0 Å². The minimum absolute atomic E-state index is 0.141. The van der Waals surface area contributed by atoms with Crippen molar-refractivity contribution in [3.05, 3.63) is 149 Å². The van der Waals surface area contributed by atoms with Crippen LogP contribution in [0.15, 0.2) is 112 Å². The summed E-state index contributed by atoms with van der Waals surface area (Å²) in [6.45, 7) is 0. The molecule has 3 aromatic carbocycles. The van der Waals surface area contributed by atoms with Crippen LogP contribution < -0.4 is 11.2 Å². The van der Waals surface area contributed by atoms with E-state index in [1.54, 1.807) is 0 Å². The Bertz CT molecular complexity index is 1470. The summed E-state index contributed by atoms with van der Waals surface area (Å²) in [5, 5.41) is 16.4. The predicted molar refractivity (Wildman–Crippen MR) is 151 cm³/mol. The minimum atomic E-state index is -1.23. The number of ether oxygens (including phenoxy) is 1. The van der Waals surface area contributed by atoms with E-state index in [0.29, 0.717) is 3.57 Å². The number of azide groups is 1. The molecule has 4 aromatic rings. The van der Waals surface area contributed by atoms with Gasteiger partial charge < -0.3 is 9.84 Å². The molecular formula is C28H24IN5O4. The van der Waals surface area contributed by atoms with Crippen LogP contribution in [0, 0.1) is 3.57 Å². The van der Waals surface area contributed by atoms with E-state index < -0.39 is 41.1 Å². The molecule has 1 aliphatic heterocycles. The molecule has 0 spiro atoms. The lowest BCUT2D eigenvalue weighted by atomic mass is 9.64. The van der Waals surface area contributed by atoms with Crippen molar-refractivity contribution in [2.45, 2.75) is 36.3 Å². The van der Waals surface area contributed by atoms with Gasteiger partial charge in [-0.2, -0.15) is 0 Å². The Balaban J connectivity index is 1.70. The zero-order valence-corrected chi connectivity index (χ0v) is 22.3. The Hall–Kier alpha value is -3.70. The van der Waals surface area contributed by atoms with Gasteiger partial charge in [0.25, 0.3) is 5.56 Å². The molecule has 4 atom stereocenters. The van der Waals surface area contributed by atoms with Crippen molar-refractivity contribution in [2.24, 2.45) is 5.11 Å². The number of hydrogen-bond donors (Lipinski definition) is 2. The quantitative estimate of drug-likeness (QED) is 0.103. The van der Waals surface area contributed by atoms with Gasteiger partial charge in [-0.3, -0.25) is 14.3 Å². The van der Waals surface area contributed by atoms with Crippen molar-refractivity contribution >= 4 is 22.6 Å². The second-order valence-corrected chi connectivity index (χ2v) is 10.2. The fourth-order valence-corrected chi connectivity index (χ4v) is 5.78. The van der Waals surface area contributed by atoms with Crippen LogP contribution in [0.2, 0.25) is 0 Å². The number of benzene rings is 3. The van der Waals surface area contributed by atoms with Crippen LogP contribution in [0.4, 0.5) is 0 Å². The highest BCUT2D eigenvalue weighted by molar-refractivity contribution is 14.1. The van der Waals surface area contributed by atoms with Crippen LogP contribution in [-0.4, -0.2) is 32.9 Å². The molecule has 0 radical (unpaired) electrons. The maximum atomic E-state index is 12.6. The largest absolute Gasteiger partial charge is 0.389 e. The van der Waals surface area contributed by atoms with Crippen molar-refractivity contribution in [1.29, 1.82) is 0 Å². The third-order valence-corrected chi connectivity index (χ3v) is 7.78. The third-order valence-electron chi connectivity index (χ3n) is 7.01. The molecule has 0 aliphatic carbocycles. The molecule has 2 N–H and O–H groups in total. The Morgan fingerprint density at radius 2 is 1.47 bits per heavy atom. The highest BCUT2D eigenvalue weighted by Gasteiger charge is 2.52. The van der Waals surface area contributed by atoms with Gasteiger partial charge in [-0.15, -0.1) is 0 Å². The second kappa shape index (κ2) is 11.0. The van der Waals surface area contributed by atoms with Crippen LogP contribution in [0.3, 0.4) is 0 Å². The Kier molecular flexibility index (Phi) is 7.48. The molecule has 1 unspecified atom stereocenters. The van der Waals surface area contributed by atoms with E-state index in [0.717, 1.165) is 16.7 Å². The minimum Gasteiger partial charge on any atom is -0.389 e. The summed E-state index contributed by atoms with van der Waals surface area (Å²) in [5.74, 6) is 0. The smallest absolute Gasteiger partial charge is 0.330 e. The van der Waals surface area contributed by atoms with Crippen LogP contribution in [-0.2, 0) is 10.2 Å². The number of rotatable bonds is 7. The average Bonchev–Trinajstić information content (AvgIpc) is 3.36. The first-order valence-electron chi connectivity index (χ1n) is 12.0. The first-order valence-corrected chi connectivity index (χ1v) is 13.1.